The zero-order valence-corrected chi connectivity index (χ0v) is 25.3. The van der Waals surface area contributed by atoms with Crippen LogP contribution in [0.4, 0.5) is 0 Å². The third-order valence-electron chi connectivity index (χ3n) is 5.33. The van der Waals surface area contributed by atoms with E-state index in [2.05, 4.69) is 13.8 Å². The summed E-state index contributed by atoms with van der Waals surface area (Å²) in [6.07, 6.45) is 14.4. The zero-order chi connectivity index (χ0) is 22.5. The molecule has 0 unspecified atom stereocenters. The van der Waals surface area contributed by atoms with Gasteiger partial charge in [-0.1, -0.05) is 104 Å². The SMILES string of the molecule is CCCCCCCCCCO[C@@H](C(=O)[O-])[C@@H](OCCCCCCCCCC)C(=O)[O-].[Na+].[Na+]. The number of carboxylic acids is 2. The van der Waals surface area contributed by atoms with E-state index in [1.54, 1.807) is 0 Å². The van der Waals surface area contributed by atoms with Crippen molar-refractivity contribution >= 4 is 11.9 Å². The van der Waals surface area contributed by atoms with Crippen LogP contribution in [-0.2, 0) is 19.1 Å². The van der Waals surface area contributed by atoms with Gasteiger partial charge in [0.1, 0.15) is 12.2 Å². The maximum absolute atomic E-state index is 11.4. The first-order valence-corrected chi connectivity index (χ1v) is 12.2. The molecule has 0 aromatic rings. The summed E-state index contributed by atoms with van der Waals surface area (Å²) >= 11 is 0. The predicted molar refractivity (Wildman–Crippen MR) is 115 cm³/mol. The maximum Gasteiger partial charge on any atom is 1.00 e. The Bertz CT molecular complexity index is 385. The second-order valence-corrected chi connectivity index (χ2v) is 8.17. The van der Waals surface area contributed by atoms with Gasteiger partial charge in [0.05, 0.1) is 11.9 Å². The number of carboxylic acid groups (broad SMARTS) is 2. The average molecular weight is 475 g/mol. The van der Waals surface area contributed by atoms with E-state index in [-0.39, 0.29) is 72.3 Å². The van der Waals surface area contributed by atoms with E-state index in [4.69, 9.17) is 9.47 Å². The molecule has 0 heterocycles. The number of hydrogen-bond donors (Lipinski definition) is 0. The summed E-state index contributed by atoms with van der Waals surface area (Å²) in [6.45, 7) is 4.73. The molecule has 0 amide bonds. The predicted octanol–water partition coefficient (Wildman–Crippen LogP) is -2.45. The molecule has 178 valence electrons. The molecule has 0 saturated heterocycles. The van der Waals surface area contributed by atoms with Crippen LogP contribution in [-0.4, -0.2) is 37.4 Å². The largest absolute Gasteiger partial charge is 1.00 e. The van der Waals surface area contributed by atoms with E-state index in [0.717, 1.165) is 38.5 Å². The normalized spacial score (nSPS) is 12.4. The van der Waals surface area contributed by atoms with Crippen LogP contribution in [0.3, 0.4) is 0 Å². The van der Waals surface area contributed by atoms with Crippen LogP contribution in [0.1, 0.15) is 117 Å². The van der Waals surface area contributed by atoms with Gasteiger partial charge in [-0.15, -0.1) is 0 Å². The van der Waals surface area contributed by atoms with Crippen LogP contribution >= 0.6 is 0 Å². The number of ether oxygens (including phenoxy) is 2. The standard InChI is InChI=1S/C24H46O6.2Na/c1-3-5-7-9-11-13-15-17-19-29-21(23(25)26)22(24(27)28)30-20-18-16-14-12-10-8-6-4-2;;/h21-22H,3-20H2,1-2H3,(H,25,26)(H,27,28);;/q;2*+1/p-2/t21-,22-;;/m1../s1. The molecule has 0 spiro atoms. The minimum absolute atomic E-state index is 0. The zero-order valence-electron chi connectivity index (χ0n) is 21.3. The number of aliphatic carboxylic acids is 2. The molecule has 0 aromatic heterocycles. The van der Waals surface area contributed by atoms with Crippen molar-refractivity contribution in [2.24, 2.45) is 0 Å². The number of rotatable bonds is 23. The van der Waals surface area contributed by atoms with Crippen molar-refractivity contribution in [3.8, 4) is 0 Å². The van der Waals surface area contributed by atoms with E-state index in [1.807, 2.05) is 0 Å². The fourth-order valence-electron chi connectivity index (χ4n) is 3.45. The molecule has 32 heavy (non-hydrogen) atoms. The first kappa shape index (κ1) is 37.4. The Morgan fingerprint density at radius 2 is 0.781 bits per heavy atom. The molecule has 2 atom stereocenters. The second-order valence-electron chi connectivity index (χ2n) is 8.17. The minimum atomic E-state index is -1.63. The van der Waals surface area contributed by atoms with Crippen LogP contribution in [0.15, 0.2) is 0 Å². The van der Waals surface area contributed by atoms with Crippen LogP contribution in [0.25, 0.3) is 0 Å². The second kappa shape index (κ2) is 28.1. The van der Waals surface area contributed by atoms with Crippen molar-refractivity contribution in [2.75, 3.05) is 13.2 Å². The number of carbonyl (C=O) groups is 2. The third-order valence-corrected chi connectivity index (χ3v) is 5.33. The fourth-order valence-corrected chi connectivity index (χ4v) is 3.45. The smallest absolute Gasteiger partial charge is 0.547 e. The summed E-state index contributed by atoms with van der Waals surface area (Å²) in [5, 5.41) is 22.7. The molecule has 0 rings (SSSR count). The van der Waals surface area contributed by atoms with Gasteiger partial charge in [0.2, 0.25) is 0 Å². The van der Waals surface area contributed by atoms with Gasteiger partial charge in [-0.05, 0) is 12.8 Å². The van der Waals surface area contributed by atoms with Gasteiger partial charge in [-0.25, -0.2) is 0 Å². The quantitative estimate of drug-likeness (QED) is 0.120. The number of hydrogen-bond acceptors (Lipinski definition) is 6. The average Bonchev–Trinajstić information content (AvgIpc) is 2.71. The molecule has 0 fully saturated rings. The maximum atomic E-state index is 11.4. The summed E-state index contributed by atoms with van der Waals surface area (Å²) in [6, 6.07) is 0. The van der Waals surface area contributed by atoms with Crippen LogP contribution in [0.5, 0.6) is 0 Å². The van der Waals surface area contributed by atoms with Gasteiger partial charge < -0.3 is 29.3 Å². The van der Waals surface area contributed by atoms with E-state index in [9.17, 15) is 19.8 Å². The van der Waals surface area contributed by atoms with Crippen LogP contribution in [0.2, 0.25) is 0 Å². The van der Waals surface area contributed by atoms with Gasteiger partial charge in [0.25, 0.3) is 0 Å². The van der Waals surface area contributed by atoms with Gasteiger partial charge in [-0.3, -0.25) is 0 Å². The Hall–Kier alpha value is 0.860. The molecule has 0 aliphatic heterocycles. The summed E-state index contributed by atoms with van der Waals surface area (Å²) < 4.78 is 10.6. The molecule has 6 nitrogen and oxygen atoms in total. The summed E-state index contributed by atoms with van der Waals surface area (Å²) in [5.41, 5.74) is 0. The van der Waals surface area contributed by atoms with Crippen molar-refractivity contribution in [1.29, 1.82) is 0 Å². The first-order valence-electron chi connectivity index (χ1n) is 12.2. The van der Waals surface area contributed by atoms with E-state index in [0.29, 0.717) is 12.8 Å². The molecule has 0 bridgehead atoms. The van der Waals surface area contributed by atoms with Gasteiger partial charge >= 0.3 is 59.1 Å². The molecular weight excluding hydrogens is 430 g/mol. The van der Waals surface area contributed by atoms with Gasteiger partial charge in [0.15, 0.2) is 0 Å². The summed E-state index contributed by atoms with van der Waals surface area (Å²) in [5.74, 6) is -3.14. The van der Waals surface area contributed by atoms with Gasteiger partial charge in [-0.2, -0.15) is 0 Å². The Labute approximate surface area is 240 Å². The van der Waals surface area contributed by atoms with Crippen molar-refractivity contribution in [3.63, 3.8) is 0 Å². The number of carbonyl (C=O) groups excluding carboxylic acids is 2. The molecule has 8 heteroatoms. The van der Waals surface area contributed by atoms with E-state index < -0.39 is 24.1 Å². The van der Waals surface area contributed by atoms with E-state index >= 15 is 0 Å². The van der Waals surface area contributed by atoms with Crippen LogP contribution in [0, 0.1) is 0 Å². The molecule has 0 radical (unpaired) electrons. The van der Waals surface area contributed by atoms with Crippen molar-refractivity contribution < 1.29 is 88.4 Å². The number of unbranched alkanes of at least 4 members (excludes halogenated alkanes) is 14. The van der Waals surface area contributed by atoms with Crippen molar-refractivity contribution in [1.82, 2.24) is 0 Å². The third kappa shape index (κ3) is 22.6. The summed E-state index contributed by atoms with van der Waals surface area (Å²) in [4.78, 5) is 22.7. The molecule has 0 saturated carbocycles. The molecule has 0 aliphatic carbocycles. The van der Waals surface area contributed by atoms with Crippen LogP contribution < -0.4 is 69.3 Å². The van der Waals surface area contributed by atoms with Crippen molar-refractivity contribution in [3.05, 3.63) is 0 Å². The Kier molecular flexibility index (Phi) is 32.8. The molecule has 0 N–H and O–H groups in total. The Morgan fingerprint density at radius 3 is 1.03 bits per heavy atom. The van der Waals surface area contributed by atoms with Crippen molar-refractivity contribution in [2.45, 2.75) is 129 Å². The first-order chi connectivity index (χ1) is 14.5. The Morgan fingerprint density at radius 1 is 0.531 bits per heavy atom. The van der Waals surface area contributed by atoms with Gasteiger partial charge in [0, 0.05) is 13.2 Å². The fraction of sp³-hybridized carbons (Fsp3) is 0.917. The topological polar surface area (TPSA) is 98.7 Å². The monoisotopic (exact) mass is 474 g/mol. The minimum Gasteiger partial charge on any atom is -0.547 e. The molecule has 0 aliphatic rings. The summed E-state index contributed by atoms with van der Waals surface area (Å²) in [7, 11) is 0. The Balaban J connectivity index is -0.00000420. The molecule has 0 aromatic carbocycles. The van der Waals surface area contributed by atoms with E-state index in [1.165, 1.54) is 51.4 Å². The molecular formula is C24H44Na2O6.